The number of nitrogens with one attached hydrogen (secondary N) is 2. The van der Waals surface area contributed by atoms with Gasteiger partial charge in [-0.3, -0.25) is 9.89 Å². The number of carbonyl (C=O) groups is 1. The van der Waals surface area contributed by atoms with E-state index in [9.17, 15) is 4.79 Å². The largest absolute Gasteiger partial charge is 0.494 e. The number of aryl methyl sites for hydroxylation is 1. The molecule has 106 valence electrons. The summed E-state index contributed by atoms with van der Waals surface area (Å²) in [5.74, 6) is 1.62. The van der Waals surface area contributed by atoms with E-state index in [-0.39, 0.29) is 12.5 Å². The van der Waals surface area contributed by atoms with E-state index >= 15 is 0 Å². The van der Waals surface area contributed by atoms with Crippen LogP contribution < -0.4 is 14.8 Å². The van der Waals surface area contributed by atoms with Gasteiger partial charge in [-0.15, -0.1) is 0 Å². The van der Waals surface area contributed by atoms with E-state index in [2.05, 4.69) is 15.5 Å². The van der Waals surface area contributed by atoms with Crippen molar-refractivity contribution in [1.29, 1.82) is 0 Å². The Morgan fingerprint density at radius 2 is 1.90 bits per heavy atom. The molecule has 2 N–H and O–H groups in total. The van der Waals surface area contributed by atoms with Gasteiger partial charge in [-0.1, -0.05) is 0 Å². The van der Waals surface area contributed by atoms with Crippen molar-refractivity contribution in [3.63, 3.8) is 0 Å². The van der Waals surface area contributed by atoms with Gasteiger partial charge in [0.15, 0.2) is 12.4 Å². The summed E-state index contributed by atoms with van der Waals surface area (Å²) in [6.45, 7) is 4.33. The Kier molecular flexibility index (Phi) is 4.60. The summed E-state index contributed by atoms with van der Waals surface area (Å²) < 4.78 is 10.7. The van der Waals surface area contributed by atoms with E-state index in [1.54, 1.807) is 30.3 Å². The number of hydrogen-bond donors (Lipinski definition) is 2. The third-order valence-electron chi connectivity index (χ3n) is 2.48. The van der Waals surface area contributed by atoms with E-state index < -0.39 is 0 Å². The standard InChI is InChI=1S/C14H17N3O3/c1-3-19-11-4-6-12(7-5-11)20-9-14(18)15-13-8-10(2)16-17-13/h4-8H,3,9H2,1-2H3,(H2,15,16,17,18). The number of carbonyl (C=O) groups excluding carboxylic acids is 1. The zero-order chi connectivity index (χ0) is 14.4. The number of anilines is 1. The Labute approximate surface area is 117 Å². The predicted octanol–water partition coefficient (Wildman–Crippen LogP) is 2.13. The molecule has 0 spiro atoms. The fourth-order valence-electron chi connectivity index (χ4n) is 1.61. The first kappa shape index (κ1) is 13.9. The summed E-state index contributed by atoms with van der Waals surface area (Å²) in [6.07, 6.45) is 0. The van der Waals surface area contributed by atoms with Gasteiger partial charge in [0.2, 0.25) is 0 Å². The van der Waals surface area contributed by atoms with Crippen molar-refractivity contribution >= 4 is 11.7 Å². The predicted molar refractivity (Wildman–Crippen MR) is 75.1 cm³/mol. The van der Waals surface area contributed by atoms with Crippen LogP contribution in [0.5, 0.6) is 11.5 Å². The van der Waals surface area contributed by atoms with Crippen LogP contribution in [-0.2, 0) is 4.79 Å². The average Bonchev–Trinajstić information content (AvgIpc) is 2.84. The second kappa shape index (κ2) is 6.60. The molecule has 0 radical (unpaired) electrons. The molecule has 0 saturated carbocycles. The average molecular weight is 275 g/mol. The van der Waals surface area contributed by atoms with Crippen molar-refractivity contribution in [2.45, 2.75) is 13.8 Å². The normalized spacial score (nSPS) is 10.1. The van der Waals surface area contributed by atoms with Crippen molar-refractivity contribution in [2.24, 2.45) is 0 Å². The molecule has 2 rings (SSSR count). The first-order valence-corrected chi connectivity index (χ1v) is 6.35. The maximum Gasteiger partial charge on any atom is 0.263 e. The van der Waals surface area contributed by atoms with E-state index in [0.717, 1.165) is 11.4 Å². The number of hydrogen-bond acceptors (Lipinski definition) is 4. The maximum absolute atomic E-state index is 11.6. The number of nitrogens with zero attached hydrogens (tertiary/aromatic N) is 1. The third kappa shape index (κ3) is 4.01. The SMILES string of the molecule is CCOc1ccc(OCC(=O)Nc2cc(C)[nH]n2)cc1. The molecule has 2 aromatic rings. The molecule has 0 unspecified atom stereocenters. The minimum atomic E-state index is -0.259. The quantitative estimate of drug-likeness (QED) is 0.846. The highest BCUT2D eigenvalue weighted by Gasteiger charge is 2.06. The van der Waals surface area contributed by atoms with Crippen LogP contribution >= 0.6 is 0 Å². The summed E-state index contributed by atoms with van der Waals surface area (Å²) >= 11 is 0. The minimum absolute atomic E-state index is 0.0696. The van der Waals surface area contributed by atoms with Crippen LogP contribution in [0.25, 0.3) is 0 Å². The van der Waals surface area contributed by atoms with Gasteiger partial charge in [0.25, 0.3) is 5.91 Å². The molecular weight excluding hydrogens is 258 g/mol. The van der Waals surface area contributed by atoms with Crippen LogP contribution in [0.1, 0.15) is 12.6 Å². The molecule has 6 nitrogen and oxygen atoms in total. The second-order valence-electron chi connectivity index (χ2n) is 4.18. The van der Waals surface area contributed by atoms with E-state index in [1.807, 2.05) is 13.8 Å². The summed E-state index contributed by atoms with van der Waals surface area (Å²) in [4.78, 5) is 11.6. The summed E-state index contributed by atoms with van der Waals surface area (Å²) in [7, 11) is 0. The van der Waals surface area contributed by atoms with Crippen LogP contribution in [0, 0.1) is 6.92 Å². The zero-order valence-electron chi connectivity index (χ0n) is 11.5. The van der Waals surface area contributed by atoms with Gasteiger partial charge in [-0.05, 0) is 38.1 Å². The Morgan fingerprint density at radius 3 is 2.45 bits per heavy atom. The van der Waals surface area contributed by atoms with Gasteiger partial charge >= 0.3 is 0 Å². The third-order valence-corrected chi connectivity index (χ3v) is 2.48. The molecule has 1 aromatic heterocycles. The van der Waals surface area contributed by atoms with Gasteiger partial charge < -0.3 is 14.8 Å². The Bertz CT molecular complexity index is 563. The van der Waals surface area contributed by atoms with Gasteiger partial charge in [0, 0.05) is 11.8 Å². The van der Waals surface area contributed by atoms with Crippen LogP contribution in [0.4, 0.5) is 5.82 Å². The molecule has 0 aliphatic carbocycles. The Hall–Kier alpha value is -2.50. The molecule has 1 heterocycles. The topological polar surface area (TPSA) is 76.2 Å². The van der Waals surface area contributed by atoms with E-state index in [0.29, 0.717) is 18.2 Å². The molecule has 20 heavy (non-hydrogen) atoms. The highest BCUT2D eigenvalue weighted by Crippen LogP contribution is 2.17. The molecule has 1 amide bonds. The second-order valence-corrected chi connectivity index (χ2v) is 4.18. The highest BCUT2D eigenvalue weighted by molar-refractivity contribution is 5.90. The van der Waals surface area contributed by atoms with Crippen LogP contribution in [0.15, 0.2) is 30.3 Å². The maximum atomic E-state index is 11.6. The van der Waals surface area contributed by atoms with E-state index in [4.69, 9.17) is 9.47 Å². The smallest absolute Gasteiger partial charge is 0.263 e. The molecule has 0 fully saturated rings. The molecule has 0 atom stereocenters. The molecule has 0 aliphatic rings. The Morgan fingerprint density at radius 1 is 1.25 bits per heavy atom. The fourth-order valence-corrected chi connectivity index (χ4v) is 1.61. The molecular formula is C14H17N3O3. The lowest BCUT2D eigenvalue weighted by Gasteiger charge is -2.07. The number of rotatable bonds is 6. The lowest BCUT2D eigenvalue weighted by atomic mass is 10.3. The number of H-pyrrole nitrogens is 1. The van der Waals surface area contributed by atoms with Gasteiger partial charge in [0.1, 0.15) is 11.5 Å². The van der Waals surface area contributed by atoms with Crippen LogP contribution in [-0.4, -0.2) is 29.3 Å². The number of ether oxygens (including phenoxy) is 2. The van der Waals surface area contributed by atoms with Gasteiger partial charge in [0.05, 0.1) is 6.61 Å². The fraction of sp³-hybridized carbons (Fsp3) is 0.286. The van der Waals surface area contributed by atoms with Crippen molar-refractivity contribution in [1.82, 2.24) is 10.2 Å². The van der Waals surface area contributed by atoms with Crippen LogP contribution in [0.3, 0.4) is 0 Å². The molecule has 0 aliphatic heterocycles. The number of aromatic nitrogens is 2. The van der Waals surface area contributed by atoms with Gasteiger partial charge in [-0.25, -0.2) is 0 Å². The Balaban J connectivity index is 1.80. The summed E-state index contributed by atoms with van der Waals surface area (Å²) in [5, 5.41) is 9.29. The van der Waals surface area contributed by atoms with E-state index in [1.165, 1.54) is 0 Å². The molecule has 6 heteroatoms. The first-order valence-electron chi connectivity index (χ1n) is 6.35. The molecule has 0 saturated heterocycles. The van der Waals surface area contributed by atoms with Crippen LogP contribution in [0.2, 0.25) is 0 Å². The highest BCUT2D eigenvalue weighted by atomic mass is 16.5. The van der Waals surface area contributed by atoms with Crippen molar-refractivity contribution in [3.05, 3.63) is 36.0 Å². The van der Waals surface area contributed by atoms with Crippen molar-refractivity contribution in [3.8, 4) is 11.5 Å². The molecule has 0 bridgehead atoms. The molecule has 1 aromatic carbocycles. The summed E-state index contributed by atoms with van der Waals surface area (Å²) in [6, 6.07) is 8.87. The number of aromatic amines is 1. The zero-order valence-corrected chi connectivity index (χ0v) is 11.5. The van der Waals surface area contributed by atoms with Crippen molar-refractivity contribution in [2.75, 3.05) is 18.5 Å². The summed E-state index contributed by atoms with van der Waals surface area (Å²) in [5.41, 5.74) is 0.882. The number of benzene rings is 1. The number of amides is 1. The van der Waals surface area contributed by atoms with Crippen molar-refractivity contribution < 1.29 is 14.3 Å². The lowest BCUT2D eigenvalue weighted by Crippen LogP contribution is -2.20. The van der Waals surface area contributed by atoms with Gasteiger partial charge in [-0.2, -0.15) is 5.10 Å². The monoisotopic (exact) mass is 275 g/mol. The minimum Gasteiger partial charge on any atom is -0.494 e. The lowest BCUT2D eigenvalue weighted by molar-refractivity contribution is -0.118. The first-order chi connectivity index (χ1) is 9.67.